The summed E-state index contributed by atoms with van der Waals surface area (Å²) in [5.41, 5.74) is -0.874. The summed E-state index contributed by atoms with van der Waals surface area (Å²) in [5, 5.41) is 0. The van der Waals surface area contributed by atoms with Crippen LogP contribution in [0.2, 0.25) is 0 Å². The molecule has 0 radical (unpaired) electrons. The first kappa shape index (κ1) is 19.4. The zero-order chi connectivity index (χ0) is 13.8. The van der Waals surface area contributed by atoms with E-state index in [4.69, 9.17) is 4.74 Å². The first-order valence-corrected chi connectivity index (χ1v) is 5.93. The molecule has 7 heteroatoms. The van der Waals surface area contributed by atoms with Crippen molar-refractivity contribution in [1.29, 1.82) is 0 Å². The molecule has 1 nitrogen and oxygen atoms in total. The summed E-state index contributed by atoms with van der Waals surface area (Å²) in [6, 6.07) is 2.32. The molecule has 102 valence electrons. The van der Waals surface area contributed by atoms with Crippen LogP contribution < -0.4 is 61.6 Å². The Kier molecular flexibility index (Phi) is 8.87. The third kappa shape index (κ3) is 7.13. The minimum Gasteiger partial charge on any atom is -0.496 e. The monoisotopic (exact) mass is 302 g/mol. The number of rotatable bonds is 6. The van der Waals surface area contributed by atoms with Crippen LogP contribution in [0.3, 0.4) is 0 Å². The summed E-state index contributed by atoms with van der Waals surface area (Å²) < 4.78 is 56.0. The maximum Gasteiger partial charge on any atom is 1.00 e. The number of halogens is 4. The second kappa shape index (κ2) is 8.67. The largest absolute Gasteiger partial charge is 1.00 e. The Morgan fingerprint density at radius 1 is 1.21 bits per heavy atom. The third-order valence-corrected chi connectivity index (χ3v) is 2.51. The molecule has 0 fully saturated rings. The molecule has 19 heavy (non-hydrogen) atoms. The first-order valence-electron chi connectivity index (χ1n) is 5.93. The second-order valence-electron chi connectivity index (χ2n) is 4.64. The molecule has 0 spiro atoms. The second-order valence-corrected chi connectivity index (χ2v) is 4.64. The fourth-order valence-corrected chi connectivity index (χ4v) is 1.58. The van der Waals surface area contributed by atoms with Crippen molar-refractivity contribution in [2.75, 3.05) is 6.61 Å². The first-order chi connectivity index (χ1) is 8.30. The Balaban J connectivity index is 0.00000324. The standard InChI is InChI=1S/C12H16BF4O.K/c1-9(2)4-3-7-18-12-8-10(14)5-6-11(12)13(15,16)17;/h5-6,8-9H,3-4,7H2,1-2H3;/q-1;+1. The molecule has 0 amide bonds. The molecule has 1 aromatic carbocycles. The van der Waals surface area contributed by atoms with Crippen LogP contribution in [0.25, 0.3) is 0 Å². The van der Waals surface area contributed by atoms with Crippen LogP contribution in [-0.4, -0.2) is 13.6 Å². The van der Waals surface area contributed by atoms with Crippen LogP contribution >= 0.6 is 0 Å². The van der Waals surface area contributed by atoms with Crippen LogP contribution in [-0.2, 0) is 0 Å². The van der Waals surface area contributed by atoms with E-state index < -0.39 is 24.0 Å². The molecule has 0 saturated heterocycles. The van der Waals surface area contributed by atoms with E-state index in [9.17, 15) is 17.3 Å². The van der Waals surface area contributed by atoms with Gasteiger partial charge in [-0.05, 0) is 24.8 Å². The van der Waals surface area contributed by atoms with E-state index in [2.05, 4.69) is 0 Å². The fourth-order valence-electron chi connectivity index (χ4n) is 1.58. The molecule has 1 rings (SSSR count). The van der Waals surface area contributed by atoms with E-state index in [0.717, 1.165) is 24.6 Å². The number of hydrogen-bond acceptors (Lipinski definition) is 1. The normalized spacial score (nSPS) is 11.3. The summed E-state index contributed by atoms with van der Waals surface area (Å²) in [4.78, 5) is 0. The Morgan fingerprint density at radius 3 is 2.37 bits per heavy atom. The van der Waals surface area contributed by atoms with Crippen LogP contribution in [0, 0.1) is 11.7 Å². The van der Waals surface area contributed by atoms with Crippen LogP contribution in [0.5, 0.6) is 5.75 Å². The van der Waals surface area contributed by atoms with Gasteiger partial charge in [-0.25, -0.2) is 4.39 Å². The SMILES string of the molecule is CC(C)CCCOc1cc(F)ccc1[B-](F)(F)F.[K+]. The van der Waals surface area contributed by atoms with E-state index in [1.54, 1.807) is 0 Å². The minimum absolute atomic E-state index is 0. The van der Waals surface area contributed by atoms with Crippen molar-refractivity contribution < 1.29 is 73.5 Å². The van der Waals surface area contributed by atoms with E-state index in [1.807, 2.05) is 13.8 Å². The topological polar surface area (TPSA) is 9.23 Å². The van der Waals surface area contributed by atoms with E-state index in [0.29, 0.717) is 12.3 Å². The molecular weight excluding hydrogens is 286 g/mol. The van der Waals surface area contributed by atoms with Gasteiger partial charge in [-0.15, -0.1) is 0 Å². The van der Waals surface area contributed by atoms with Crippen molar-refractivity contribution >= 4 is 12.4 Å². The van der Waals surface area contributed by atoms with Gasteiger partial charge in [0.1, 0.15) is 5.82 Å². The Morgan fingerprint density at radius 2 is 1.84 bits per heavy atom. The third-order valence-electron chi connectivity index (χ3n) is 2.51. The Hall–Kier alpha value is 0.441. The quantitative estimate of drug-likeness (QED) is 0.427. The van der Waals surface area contributed by atoms with Gasteiger partial charge in [0.2, 0.25) is 0 Å². The Bertz CT molecular complexity index is 396. The van der Waals surface area contributed by atoms with Gasteiger partial charge < -0.3 is 17.7 Å². The maximum absolute atomic E-state index is 12.9. The molecule has 0 bridgehead atoms. The maximum atomic E-state index is 12.9. The number of ether oxygens (including phenoxy) is 1. The predicted molar refractivity (Wildman–Crippen MR) is 64.7 cm³/mol. The van der Waals surface area contributed by atoms with Gasteiger partial charge in [-0.3, -0.25) is 0 Å². The molecule has 0 atom stereocenters. The fraction of sp³-hybridized carbons (Fsp3) is 0.500. The summed E-state index contributed by atoms with van der Waals surface area (Å²) >= 11 is 0. The van der Waals surface area contributed by atoms with Crippen molar-refractivity contribution in [3.8, 4) is 5.75 Å². The van der Waals surface area contributed by atoms with Crippen molar-refractivity contribution in [3.05, 3.63) is 24.0 Å². The van der Waals surface area contributed by atoms with Gasteiger partial charge in [-0.1, -0.05) is 25.4 Å². The molecule has 0 aliphatic heterocycles. The van der Waals surface area contributed by atoms with Gasteiger partial charge in [0.05, 0.1) is 12.4 Å². The van der Waals surface area contributed by atoms with Gasteiger partial charge in [0.15, 0.2) is 0 Å². The van der Waals surface area contributed by atoms with Crippen LogP contribution in [0.4, 0.5) is 17.3 Å². The smallest absolute Gasteiger partial charge is 0.496 e. The molecule has 0 aliphatic carbocycles. The molecule has 0 saturated carbocycles. The molecule has 1 aromatic rings. The van der Waals surface area contributed by atoms with Crippen molar-refractivity contribution in [2.24, 2.45) is 5.92 Å². The van der Waals surface area contributed by atoms with Crippen molar-refractivity contribution in [3.63, 3.8) is 0 Å². The summed E-state index contributed by atoms with van der Waals surface area (Å²) in [5.74, 6) is -0.670. The van der Waals surface area contributed by atoms with Gasteiger partial charge in [0, 0.05) is 6.07 Å². The number of benzene rings is 1. The molecule has 0 aromatic heterocycles. The Labute approximate surface area is 153 Å². The minimum atomic E-state index is -5.18. The zero-order valence-corrected chi connectivity index (χ0v) is 14.6. The van der Waals surface area contributed by atoms with E-state index >= 15 is 0 Å². The van der Waals surface area contributed by atoms with Gasteiger partial charge in [-0.2, -0.15) is 0 Å². The van der Waals surface area contributed by atoms with Gasteiger partial charge in [0.25, 0.3) is 0 Å². The molecule has 0 heterocycles. The molecule has 0 N–H and O–H groups in total. The number of hydrogen-bond donors (Lipinski definition) is 0. The molecule has 0 unspecified atom stereocenters. The summed E-state index contributed by atoms with van der Waals surface area (Å²) in [6.45, 7) is -0.970. The predicted octanol–water partition coefficient (Wildman–Crippen LogP) is 0.699. The van der Waals surface area contributed by atoms with E-state index in [1.165, 1.54) is 0 Å². The molecular formula is C12H16BF4KO. The average molecular weight is 302 g/mol. The zero-order valence-electron chi connectivity index (χ0n) is 11.4. The summed E-state index contributed by atoms with van der Waals surface area (Å²) in [7, 11) is 0. The van der Waals surface area contributed by atoms with Crippen molar-refractivity contribution in [1.82, 2.24) is 0 Å². The summed E-state index contributed by atoms with van der Waals surface area (Å²) in [6.07, 6.45) is 1.51. The van der Waals surface area contributed by atoms with E-state index in [-0.39, 0.29) is 58.0 Å². The van der Waals surface area contributed by atoms with Crippen LogP contribution in [0.15, 0.2) is 18.2 Å². The molecule has 0 aliphatic rings. The van der Waals surface area contributed by atoms with Crippen LogP contribution in [0.1, 0.15) is 26.7 Å². The van der Waals surface area contributed by atoms with Gasteiger partial charge >= 0.3 is 58.4 Å². The van der Waals surface area contributed by atoms with Crippen molar-refractivity contribution in [2.45, 2.75) is 26.7 Å². The average Bonchev–Trinajstić information content (AvgIpc) is 2.22.